The van der Waals surface area contributed by atoms with Crippen LogP contribution in [0.5, 0.6) is 0 Å². The molecular weight excluding hydrogens is 516 g/mol. The van der Waals surface area contributed by atoms with Gasteiger partial charge in [0.2, 0.25) is 18.0 Å². The van der Waals surface area contributed by atoms with Gasteiger partial charge in [-0.15, -0.1) is 0 Å². The molecule has 1 aliphatic rings. The summed E-state index contributed by atoms with van der Waals surface area (Å²) < 4.78 is 54.3. The highest BCUT2D eigenvalue weighted by Crippen LogP contribution is 2.33. The number of benzene rings is 3. The minimum absolute atomic E-state index is 0.158. The molecule has 0 radical (unpaired) electrons. The lowest BCUT2D eigenvalue weighted by Gasteiger charge is -2.26. The average molecular weight is 541 g/mol. The first-order valence-electron chi connectivity index (χ1n) is 12.0. The number of benzodiazepines with no additional fused rings is 1. The lowest BCUT2D eigenvalue weighted by Crippen LogP contribution is -2.47. The largest absolute Gasteiger partial charge is 0.389 e. The van der Waals surface area contributed by atoms with Gasteiger partial charge in [-0.05, 0) is 18.1 Å². The number of nitrogens with one attached hydrogen (secondary N) is 2. The van der Waals surface area contributed by atoms with Gasteiger partial charge in [0.15, 0.2) is 0 Å². The maximum absolute atomic E-state index is 14.7. The zero-order valence-electron chi connectivity index (χ0n) is 20.4. The van der Waals surface area contributed by atoms with Gasteiger partial charge < -0.3 is 16.4 Å². The number of aliphatic imine (C=N–C) groups is 1. The number of carbonyl (C=O) groups excluding carboxylic acids is 3. The maximum atomic E-state index is 14.7. The number of nitrogens with zero attached hydrogens (tertiary/aromatic N) is 1. The number of anilines is 1. The fraction of sp³-hybridized carbons (Fsp3) is 0.214. The molecule has 0 bridgehead atoms. The van der Waals surface area contributed by atoms with E-state index < -0.39 is 60.6 Å². The van der Waals surface area contributed by atoms with E-state index in [0.29, 0.717) is 5.56 Å². The third-order valence-electron chi connectivity index (χ3n) is 6.29. The molecule has 0 aliphatic carbocycles. The summed E-state index contributed by atoms with van der Waals surface area (Å²) in [6.07, 6.45) is -8.39. The number of halogens is 4. The molecule has 11 heteroatoms. The highest BCUT2D eigenvalue weighted by molar-refractivity contribution is 6.20. The van der Waals surface area contributed by atoms with Crippen molar-refractivity contribution in [2.75, 3.05) is 5.32 Å². The van der Waals surface area contributed by atoms with E-state index in [1.165, 1.54) is 18.2 Å². The van der Waals surface area contributed by atoms with E-state index in [4.69, 9.17) is 5.73 Å². The molecule has 1 aliphatic heterocycles. The molecule has 3 aromatic carbocycles. The van der Waals surface area contributed by atoms with Crippen molar-refractivity contribution in [3.8, 4) is 0 Å². The Bertz CT molecular complexity index is 1390. The van der Waals surface area contributed by atoms with Gasteiger partial charge >= 0.3 is 6.18 Å². The van der Waals surface area contributed by atoms with Crippen molar-refractivity contribution in [1.82, 2.24) is 5.32 Å². The van der Waals surface area contributed by atoms with Crippen molar-refractivity contribution < 1.29 is 31.9 Å². The van der Waals surface area contributed by atoms with Crippen LogP contribution in [-0.2, 0) is 14.4 Å². The molecule has 1 heterocycles. The van der Waals surface area contributed by atoms with Crippen molar-refractivity contribution in [1.29, 1.82) is 0 Å². The van der Waals surface area contributed by atoms with Gasteiger partial charge in [0.05, 0.1) is 23.2 Å². The first-order valence-corrected chi connectivity index (χ1v) is 12.0. The smallest absolute Gasteiger partial charge is 0.369 e. The molecule has 0 aromatic heterocycles. The third kappa shape index (κ3) is 6.49. The van der Waals surface area contributed by atoms with E-state index in [0.717, 1.165) is 6.07 Å². The summed E-state index contributed by atoms with van der Waals surface area (Å²) in [4.78, 5) is 43.4. The summed E-state index contributed by atoms with van der Waals surface area (Å²) in [6, 6.07) is 20.3. The van der Waals surface area contributed by atoms with E-state index in [-0.39, 0.29) is 22.5 Å². The summed E-state index contributed by atoms with van der Waals surface area (Å²) >= 11 is 0. The van der Waals surface area contributed by atoms with Crippen molar-refractivity contribution in [2.45, 2.75) is 31.1 Å². The van der Waals surface area contributed by atoms with E-state index in [1.54, 1.807) is 54.6 Å². The monoisotopic (exact) mass is 540 g/mol. The highest BCUT2D eigenvalue weighted by atomic mass is 19.4. The summed E-state index contributed by atoms with van der Waals surface area (Å²) in [5, 5.41) is 4.78. The third-order valence-corrected chi connectivity index (χ3v) is 6.29. The summed E-state index contributed by atoms with van der Waals surface area (Å²) in [7, 11) is 0. The molecule has 7 nitrogen and oxygen atoms in total. The molecule has 3 amide bonds. The van der Waals surface area contributed by atoms with Gasteiger partial charge in [-0.3, -0.25) is 14.4 Å². The topological polar surface area (TPSA) is 114 Å². The van der Waals surface area contributed by atoms with Crippen LogP contribution in [0.25, 0.3) is 0 Å². The lowest BCUT2D eigenvalue weighted by molar-refractivity contribution is -0.144. The first kappa shape index (κ1) is 27.5. The van der Waals surface area contributed by atoms with E-state index in [1.807, 2.05) is 0 Å². The molecule has 0 fully saturated rings. The number of hydrogen-bond acceptors (Lipinski definition) is 4. The van der Waals surface area contributed by atoms with Gasteiger partial charge in [0.1, 0.15) is 5.82 Å². The second-order valence-corrected chi connectivity index (χ2v) is 8.96. The second kappa shape index (κ2) is 11.5. The molecule has 4 N–H and O–H groups in total. The number of hydrogen-bond donors (Lipinski definition) is 3. The molecule has 0 spiro atoms. The SMILES string of the molecule is NC(=O)[C@@H](c1ccccc1)[C@@H](CCC(F)(F)F)C(=O)NC1N=C(c2ccccc2)c2cccc(F)c2NC1=O. The van der Waals surface area contributed by atoms with Gasteiger partial charge in [-0.25, -0.2) is 9.38 Å². The van der Waals surface area contributed by atoms with E-state index in [2.05, 4.69) is 15.6 Å². The number of para-hydroxylation sites is 1. The number of primary amides is 1. The molecule has 39 heavy (non-hydrogen) atoms. The Kier molecular flexibility index (Phi) is 8.08. The minimum atomic E-state index is -4.62. The predicted molar refractivity (Wildman–Crippen MR) is 136 cm³/mol. The van der Waals surface area contributed by atoms with Gasteiger partial charge in [-0.2, -0.15) is 13.2 Å². The highest BCUT2D eigenvalue weighted by Gasteiger charge is 2.39. The Labute approximate surface area is 221 Å². The van der Waals surface area contributed by atoms with Gasteiger partial charge in [-0.1, -0.05) is 72.8 Å². The summed E-state index contributed by atoms with van der Waals surface area (Å²) in [5.74, 6) is -6.67. The molecule has 4 rings (SSSR count). The fourth-order valence-corrected chi connectivity index (χ4v) is 4.49. The fourth-order valence-electron chi connectivity index (χ4n) is 4.49. The predicted octanol–water partition coefficient (Wildman–Crippen LogP) is 4.29. The number of rotatable bonds is 8. The van der Waals surface area contributed by atoms with Gasteiger partial charge in [0, 0.05) is 17.5 Å². The van der Waals surface area contributed by atoms with Crippen LogP contribution in [0.4, 0.5) is 23.2 Å². The van der Waals surface area contributed by atoms with Gasteiger partial charge in [0.25, 0.3) is 5.91 Å². The average Bonchev–Trinajstić information content (AvgIpc) is 3.04. The first-order chi connectivity index (χ1) is 18.5. The zero-order chi connectivity index (χ0) is 28.2. The number of fused-ring (bicyclic) bond motifs is 1. The summed E-state index contributed by atoms with van der Waals surface area (Å²) in [6.45, 7) is 0. The van der Waals surface area contributed by atoms with E-state index >= 15 is 0 Å². The molecule has 0 saturated heterocycles. The molecule has 3 aromatic rings. The molecular formula is C28H24F4N4O3. The molecule has 202 valence electrons. The Morgan fingerprint density at radius 1 is 0.974 bits per heavy atom. The van der Waals surface area contributed by atoms with Crippen molar-refractivity contribution in [2.24, 2.45) is 16.6 Å². The Morgan fingerprint density at radius 2 is 1.62 bits per heavy atom. The van der Waals surface area contributed by atoms with Crippen LogP contribution < -0.4 is 16.4 Å². The zero-order valence-corrected chi connectivity index (χ0v) is 20.4. The van der Waals surface area contributed by atoms with Crippen LogP contribution in [0, 0.1) is 11.7 Å². The van der Waals surface area contributed by atoms with Crippen LogP contribution in [-0.4, -0.2) is 35.8 Å². The number of carbonyl (C=O) groups is 3. The molecule has 1 unspecified atom stereocenters. The normalized spacial score (nSPS) is 16.7. The number of amides is 3. The van der Waals surface area contributed by atoms with Crippen molar-refractivity contribution >= 4 is 29.1 Å². The molecule has 0 saturated carbocycles. The maximum Gasteiger partial charge on any atom is 0.389 e. The van der Waals surface area contributed by atoms with Crippen LogP contribution in [0.15, 0.2) is 83.9 Å². The quantitative estimate of drug-likeness (QED) is 0.371. The standard InChI is InChI=1S/C28H24F4N4O3/c29-20-13-7-12-19-22(17-10-5-2-6-11-17)34-25(27(39)35-23(19)20)36-26(38)18(14-15-28(30,31)32)21(24(33)37)16-8-3-1-4-9-16/h1-13,18,21,25H,14-15H2,(H2,33,37)(H,35,39)(H,36,38)/t18-,21+,25?/m1/s1. The van der Waals surface area contributed by atoms with Crippen LogP contribution in [0.1, 0.15) is 35.4 Å². The lowest BCUT2D eigenvalue weighted by atomic mass is 9.81. The number of nitrogens with two attached hydrogens (primary N) is 1. The van der Waals surface area contributed by atoms with Crippen molar-refractivity contribution in [3.05, 3.63) is 101 Å². The van der Waals surface area contributed by atoms with Crippen molar-refractivity contribution in [3.63, 3.8) is 0 Å². The Hall–Kier alpha value is -4.54. The van der Waals surface area contributed by atoms with Crippen LogP contribution in [0.3, 0.4) is 0 Å². The summed E-state index contributed by atoms with van der Waals surface area (Å²) in [5.41, 5.74) is 6.58. The van der Waals surface area contributed by atoms with Crippen LogP contribution >= 0.6 is 0 Å². The number of alkyl halides is 3. The van der Waals surface area contributed by atoms with Crippen LogP contribution in [0.2, 0.25) is 0 Å². The minimum Gasteiger partial charge on any atom is -0.369 e. The molecule has 3 atom stereocenters. The van der Waals surface area contributed by atoms with E-state index in [9.17, 15) is 31.9 Å². The second-order valence-electron chi connectivity index (χ2n) is 8.96. The Morgan fingerprint density at radius 3 is 2.23 bits per heavy atom. The Balaban J connectivity index is 1.73.